The van der Waals surface area contributed by atoms with Gasteiger partial charge in [0.1, 0.15) is 5.52 Å². The lowest BCUT2D eigenvalue weighted by Crippen LogP contribution is -2.05. The summed E-state index contributed by atoms with van der Waals surface area (Å²) in [6, 6.07) is 0. The van der Waals surface area contributed by atoms with E-state index in [1.807, 2.05) is 0 Å². The Kier molecular flexibility index (Phi) is 2.80. The first-order chi connectivity index (χ1) is 8.40. The van der Waals surface area contributed by atoms with Crippen molar-refractivity contribution in [1.82, 2.24) is 4.98 Å². The highest BCUT2D eigenvalue weighted by atomic mass is 19.2. The molecule has 96 valence electrons. The highest BCUT2D eigenvalue weighted by Gasteiger charge is 2.27. The van der Waals surface area contributed by atoms with E-state index in [0.29, 0.717) is 0 Å². The summed E-state index contributed by atoms with van der Waals surface area (Å²) in [7, 11) is 0.894. The molecule has 2 aromatic rings. The van der Waals surface area contributed by atoms with Gasteiger partial charge < -0.3 is 4.74 Å². The van der Waals surface area contributed by atoms with Crippen molar-refractivity contribution in [3.8, 4) is 5.88 Å². The van der Waals surface area contributed by atoms with E-state index in [4.69, 9.17) is 0 Å². The molecule has 0 saturated carbocycles. The third kappa shape index (κ3) is 1.48. The Morgan fingerprint density at radius 2 is 1.22 bits per heavy atom. The van der Waals surface area contributed by atoms with Gasteiger partial charge in [-0.3, -0.25) is 0 Å². The Hall–Kier alpha value is -1.99. The van der Waals surface area contributed by atoms with E-state index >= 15 is 0 Å². The van der Waals surface area contributed by atoms with Crippen LogP contribution in [0.15, 0.2) is 0 Å². The summed E-state index contributed by atoms with van der Waals surface area (Å²) in [4.78, 5) is 3.06. The average Bonchev–Trinajstić information content (AvgIpc) is 2.36. The lowest BCUT2D eigenvalue weighted by molar-refractivity contribution is 0.355. The summed E-state index contributed by atoms with van der Waals surface area (Å²) in [5.41, 5.74) is -1.19. The lowest BCUT2D eigenvalue weighted by Gasteiger charge is -2.08. The van der Waals surface area contributed by atoms with E-state index in [2.05, 4.69) is 9.72 Å². The third-order valence-electron chi connectivity index (χ3n) is 2.25. The number of fused-ring (bicyclic) bond motifs is 1. The molecule has 1 heterocycles. The number of ether oxygens (including phenoxy) is 1. The fourth-order valence-electron chi connectivity index (χ4n) is 1.41. The SMILES string of the molecule is COc1nc2c(F)c(F)c(F)c(F)c2c(F)c1F. The Bertz CT molecular complexity index is 657. The first-order valence-electron chi connectivity index (χ1n) is 4.44. The predicted octanol–water partition coefficient (Wildman–Crippen LogP) is 3.08. The smallest absolute Gasteiger partial charge is 0.253 e. The van der Waals surface area contributed by atoms with Crippen LogP contribution in [0.25, 0.3) is 10.9 Å². The van der Waals surface area contributed by atoms with Crippen molar-refractivity contribution in [2.24, 2.45) is 0 Å². The van der Waals surface area contributed by atoms with Gasteiger partial charge in [-0.2, -0.15) is 4.39 Å². The molecule has 0 aliphatic carbocycles. The molecular weight excluding hydrogens is 264 g/mol. The summed E-state index contributed by atoms with van der Waals surface area (Å²) in [5.74, 6) is -13.0. The molecule has 8 heteroatoms. The maximum atomic E-state index is 13.4. The van der Waals surface area contributed by atoms with Crippen LogP contribution >= 0.6 is 0 Å². The van der Waals surface area contributed by atoms with Gasteiger partial charge in [0.15, 0.2) is 29.1 Å². The summed E-state index contributed by atoms with van der Waals surface area (Å²) < 4.78 is 83.2. The zero-order chi connectivity index (χ0) is 13.6. The summed E-state index contributed by atoms with van der Waals surface area (Å²) >= 11 is 0. The predicted molar refractivity (Wildman–Crippen MR) is 48.0 cm³/mol. The largest absolute Gasteiger partial charge is 0.479 e. The van der Waals surface area contributed by atoms with E-state index in [1.54, 1.807) is 0 Å². The molecule has 0 saturated heterocycles. The Morgan fingerprint density at radius 1 is 0.722 bits per heavy atom. The number of rotatable bonds is 1. The minimum atomic E-state index is -2.25. The third-order valence-corrected chi connectivity index (χ3v) is 2.25. The molecule has 0 N–H and O–H groups in total. The van der Waals surface area contributed by atoms with Gasteiger partial charge in [-0.1, -0.05) is 0 Å². The molecule has 2 rings (SSSR count). The molecule has 0 radical (unpaired) electrons. The van der Waals surface area contributed by atoms with Crippen molar-refractivity contribution in [1.29, 1.82) is 0 Å². The first-order valence-corrected chi connectivity index (χ1v) is 4.44. The number of hydrogen-bond acceptors (Lipinski definition) is 2. The standard InChI is InChI=1S/C10H3F6NO/c1-18-10-8(16)4(12)2-3(11)5(13)6(14)7(15)9(2)17-10/h1H3. The number of benzene rings is 1. The molecule has 1 aromatic heterocycles. The molecule has 1 aromatic carbocycles. The van der Waals surface area contributed by atoms with Crippen LogP contribution < -0.4 is 4.74 Å². The van der Waals surface area contributed by atoms with Crippen LogP contribution in [0.5, 0.6) is 5.88 Å². The van der Waals surface area contributed by atoms with Crippen LogP contribution in [0.3, 0.4) is 0 Å². The normalized spacial score (nSPS) is 11.1. The molecule has 0 bridgehead atoms. The minimum Gasteiger partial charge on any atom is -0.479 e. The van der Waals surface area contributed by atoms with Crippen LogP contribution in [0.1, 0.15) is 0 Å². The molecule has 0 aliphatic heterocycles. The zero-order valence-electron chi connectivity index (χ0n) is 8.62. The van der Waals surface area contributed by atoms with Crippen LogP contribution in [0.2, 0.25) is 0 Å². The number of pyridine rings is 1. The topological polar surface area (TPSA) is 22.1 Å². The van der Waals surface area contributed by atoms with E-state index in [0.717, 1.165) is 7.11 Å². The maximum Gasteiger partial charge on any atom is 0.253 e. The van der Waals surface area contributed by atoms with Gasteiger partial charge in [0.05, 0.1) is 12.5 Å². The summed E-state index contributed by atoms with van der Waals surface area (Å²) in [5, 5.41) is -1.41. The second-order valence-corrected chi connectivity index (χ2v) is 3.23. The van der Waals surface area contributed by atoms with Crippen molar-refractivity contribution < 1.29 is 31.1 Å². The fraction of sp³-hybridized carbons (Fsp3) is 0.100. The van der Waals surface area contributed by atoms with Crippen molar-refractivity contribution in [3.63, 3.8) is 0 Å². The summed E-state index contributed by atoms with van der Waals surface area (Å²) in [6.07, 6.45) is 0. The number of aromatic nitrogens is 1. The Balaban J connectivity index is 3.07. The quantitative estimate of drug-likeness (QED) is 0.450. The van der Waals surface area contributed by atoms with Crippen LogP contribution in [-0.2, 0) is 0 Å². The van der Waals surface area contributed by atoms with Gasteiger partial charge >= 0.3 is 0 Å². The van der Waals surface area contributed by atoms with Crippen LogP contribution in [-0.4, -0.2) is 12.1 Å². The fourth-order valence-corrected chi connectivity index (χ4v) is 1.41. The van der Waals surface area contributed by atoms with Crippen LogP contribution in [0, 0.1) is 34.9 Å². The van der Waals surface area contributed by atoms with Gasteiger partial charge in [0.25, 0.3) is 5.88 Å². The van der Waals surface area contributed by atoms with Gasteiger partial charge in [0, 0.05) is 0 Å². The Morgan fingerprint density at radius 3 is 1.78 bits per heavy atom. The molecule has 0 spiro atoms. The zero-order valence-corrected chi connectivity index (χ0v) is 8.62. The van der Waals surface area contributed by atoms with E-state index in [1.165, 1.54) is 0 Å². The molecule has 0 unspecified atom stereocenters. The molecule has 0 atom stereocenters. The molecule has 0 amide bonds. The van der Waals surface area contributed by atoms with Crippen molar-refractivity contribution in [2.75, 3.05) is 7.11 Å². The monoisotopic (exact) mass is 267 g/mol. The van der Waals surface area contributed by atoms with Gasteiger partial charge in [0.2, 0.25) is 5.82 Å². The van der Waals surface area contributed by atoms with E-state index < -0.39 is 51.7 Å². The Labute approximate surface area is 95.8 Å². The summed E-state index contributed by atoms with van der Waals surface area (Å²) in [6.45, 7) is 0. The second-order valence-electron chi connectivity index (χ2n) is 3.23. The van der Waals surface area contributed by atoms with E-state index in [9.17, 15) is 26.3 Å². The molecule has 18 heavy (non-hydrogen) atoms. The second kappa shape index (κ2) is 4.04. The first kappa shape index (κ1) is 12.5. The van der Waals surface area contributed by atoms with Crippen molar-refractivity contribution in [2.45, 2.75) is 0 Å². The number of hydrogen-bond donors (Lipinski definition) is 0. The molecule has 2 nitrogen and oxygen atoms in total. The van der Waals surface area contributed by atoms with Gasteiger partial charge in [-0.05, 0) is 0 Å². The number of methoxy groups -OCH3 is 1. The van der Waals surface area contributed by atoms with Gasteiger partial charge in [-0.15, -0.1) is 0 Å². The number of nitrogens with zero attached hydrogens (tertiary/aromatic N) is 1. The number of halogens is 6. The molecule has 0 aliphatic rings. The molecular formula is C10H3F6NO. The van der Waals surface area contributed by atoms with E-state index in [-0.39, 0.29) is 0 Å². The highest BCUT2D eigenvalue weighted by molar-refractivity contribution is 5.81. The molecule has 0 fully saturated rings. The lowest BCUT2D eigenvalue weighted by atomic mass is 10.1. The average molecular weight is 267 g/mol. The van der Waals surface area contributed by atoms with Crippen molar-refractivity contribution >= 4 is 10.9 Å². The van der Waals surface area contributed by atoms with Crippen molar-refractivity contribution in [3.05, 3.63) is 34.9 Å². The maximum absolute atomic E-state index is 13.4. The van der Waals surface area contributed by atoms with Crippen LogP contribution in [0.4, 0.5) is 26.3 Å². The van der Waals surface area contributed by atoms with Gasteiger partial charge in [-0.25, -0.2) is 26.9 Å². The highest BCUT2D eigenvalue weighted by Crippen LogP contribution is 2.31. The minimum absolute atomic E-state index is 0.894.